The highest BCUT2D eigenvalue weighted by atomic mass is 19.1. The number of hydrogen-bond donors (Lipinski definition) is 1. The molecule has 0 aliphatic carbocycles. The first-order valence-corrected chi connectivity index (χ1v) is 4.93. The highest BCUT2D eigenvalue weighted by molar-refractivity contribution is 5.40. The summed E-state index contributed by atoms with van der Waals surface area (Å²) in [4.78, 5) is 5.53. The van der Waals surface area contributed by atoms with Crippen molar-refractivity contribution in [2.45, 2.75) is 12.5 Å². The van der Waals surface area contributed by atoms with Gasteiger partial charge in [0.25, 0.3) is 0 Å². The van der Waals surface area contributed by atoms with Crippen LogP contribution in [0.4, 0.5) is 14.6 Å². The normalized spacial score (nSPS) is 20.6. The van der Waals surface area contributed by atoms with Gasteiger partial charge in [-0.3, -0.25) is 0 Å². The number of nitrogens with zero attached hydrogens (tertiary/aromatic N) is 2. The second-order valence-electron chi connectivity index (χ2n) is 3.72. The molecule has 1 fully saturated rings. The van der Waals surface area contributed by atoms with Crippen LogP contribution in [0.25, 0.3) is 0 Å². The number of likely N-dealkylation sites (N-methyl/N-ethyl adjacent to an activating group) is 1. The highest BCUT2D eigenvalue weighted by Gasteiger charge is 2.22. The van der Waals surface area contributed by atoms with Gasteiger partial charge in [0.05, 0.1) is 6.20 Å². The number of hydrogen-bond acceptors (Lipinski definition) is 3. The van der Waals surface area contributed by atoms with E-state index < -0.39 is 11.6 Å². The van der Waals surface area contributed by atoms with Crippen LogP contribution < -0.4 is 10.2 Å². The lowest BCUT2D eigenvalue weighted by Crippen LogP contribution is -2.34. The first-order chi connectivity index (χ1) is 7.18. The molecule has 1 aromatic heterocycles. The summed E-state index contributed by atoms with van der Waals surface area (Å²) in [5.41, 5.74) is 0. The van der Waals surface area contributed by atoms with E-state index in [1.165, 1.54) is 0 Å². The average Bonchev–Trinajstić information content (AvgIpc) is 2.69. The molecular weight excluding hydrogens is 200 g/mol. The van der Waals surface area contributed by atoms with Crippen molar-refractivity contribution in [2.24, 2.45) is 0 Å². The molecule has 1 atom stereocenters. The third-order valence-electron chi connectivity index (χ3n) is 2.70. The first-order valence-electron chi connectivity index (χ1n) is 4.93. The van der Waals surface area contributed by atoms with Crippen molar-refractivity contribution in [1.29, 1.82) is 0 Å². The summed E-state index contributed by atoms with van der Waals surface area (Å²) in [6.07, 6.45) is 1.99. The largest absolute Gasteiger partial charge is 0.353 e. The molecule has 15 heavy (non-hydrogen) atoms. The molecule has 1 N–H and O–H groups in total. The predicted octanol–water partition coefficient (Wildman–Crippen LogP) is 1.16. The smallest absolute Gasteiger partial charge is 0.168 e. The van der Waals surface area contributed by atoms with E-state index in [1.807, 2.05) is 0 Å². The van der Waals surface area contributed by atoms with E-state index in [2.05, 4.69) is 10.3 Å². The lowest BCUT2D eigenvalue weighted by molar-refractivity contribution is 0.560. The van der Waals surface area contributed by atoms with Crippen LogP contribution in [0.2, 0.25) is 0 Å². The van der Waals surface area contributed by atoms with Crippen molar-refractivity contribution in [3.8, 4) is 0 Å². The van der Waals surface area contributed by atoms with Crippen LogP contribution in [0.3, 0.4) is 0 Å². The Morgan fingerprint density at radius 1 is 1.53 bits per heavy atom. The summed E-state index contributed by atoms with van der Waals surface area (Å²) >= 11 is 0. The fourth-order valence-corrected chi connectivity index (χ4v) is 1.81. The van der Waals surface area contributed by atoms with Crippen molar-refractivity contribution >= 4 is 5.82 Å². The molecule has 1 aliphatic rings. The first kappa shape index (κ1) is 10.3. The van der Waals surface area contributed by atoms with Crippen molar-refractivity contribution in [3.05, 3.63) is 23.9 Å². The lowest BCUT2D eigenvalue weighted by atomic mass is 10.2. The summed E-state index contributed by atoms with van der Waals surface area (Å²) in [7, 11) is 1.78. The van der Waals surface area contributed by atoms with Gasteiger partial charge in [-0.05, 0) is 13.0 Å². The van der Waals surface area contributed by atoms with Crippen molar-refractivity contribution < 1.29 is 8.78 Å². The Hall–Kier alpha value is -1.23. The summed E-state index contributed by atoms with van der Waals surface area (Å²) in [6.45, 7) is 1.74. The summed E-state index contributed by atoms with van der Waals surface area (Å²) in [5, 5.41) is 3.19. The fraction of sp³-hybridized carbons (Fsp3) is 0.500. The Bertz CT molecular complexity index is 351. The van der Waals surface area contributed by atoms with Crippen molar-refractivity contribution in [1.82, 2.24) is 10.3 Å². The number of nitrogens with one attached hydrogen (secondary N) is 1. The van der Waals surface area contributed by atoms with Crippen LogP contribution in [0, 0.1) is 11.6 Å². The van der Waals surface area contributed by atoms with Gasteiger partial charge in [-0.15, -0.1) is 0 Å². The molecule has 2 rings (SSSR count). The average molecular weight is 213 g/mol. The minimum Gasteiger partial charge on any atom is -0.353 e. The van der Waals surface area contributed by atoms with E-state index in [1.54, 1.807) is 11.9 Å². The zero-order valence-corrected chi connectivity index (χ0v) is 8.50. The standard InChI is InChI=1S/C10H13F2N3/c1-15(8-2-3-13-6-8)10-9(12)4-7(11)5-14-10/h4-5,8,13H,2-3,6H2,1H3. The molecule has 0 spiro atoms. The third kappa shape index (κ3) is 2.07. The minimum atomic E-state index is -0.644. The molecular formula is C10H13F2N3. The van der Waals surface area contributed by atoms with Crippen LogP contribution in [0.5, 0.6) is 0 Å². The second kappa shape index (κ2) is 4.10. The maximum absolute atomic E-state index is 13.4. The number of rotatable bonds is 2. The van der Waals surface area contributed by atoms with Gasteiger partial charge in [-0.1, -0.05) is 0 Å². The molecule has 1 aliphatic heterocycles. The van der Waals surface area contributed by atoms with Crippen LogP contribution in [-0.2, 0) is 0 Å². The zero-order chi connectivity index (χ0) is 10.8. The van der Waals surface area contributed by atoms with Crippen LogP contribution in [0.15, 0.2) is 12.3 Å². The summed E-state index contributed by atoms with van der Waals surface area (Å²) < 4.78 is 26.0. The molecule has 1 aromatic rings. The molecule has 0 amide bonds. The maximum atomic E-state index is 13.4. The molecule has 2 heterocycles. The molecule has 1 saturated heterocycles. The zero-order valence-electron chi connectivity index (χ0n) is 8.50. The van der Waals surface area contributed by atoms with Gasteiger partial charge in [0.1, 0.15) is 5.82 Å². The van der Waals surface area contributed by atoms with E-state index in [0.717, 1.165) is 31.8 Å². The Kier molecular flexibility index (Phi) is 2.81. The van der Waals surface area contributed by atoms with Crippen LogP contribution in [0.1, 0.15) is 6.42 Å². The van der Waals surface area contributed by atoms with Gasteiger partial charge in [-0.2, -0.15) is 0 Å². The molecule has 5 heteroatoms. The Balaban J connectivity index is 2.20. The van der Waals surface area contributed by atoms with E-state index in [9.17, 15) is 8.78 Å². The Labute approximate surface area is 87.1 Å². The minimum absolute atomic E-state index is 0.213. The lowest BCUT2D eigenvalue weighted by Gasteiger charge is -2.24. The molecule has 0 bridgehead atoms. The molecule has 0 aromatic carbocycles. The quantitative estimate of drug-likeness (QED) is 0.799. The van der Waals surface area contributed by atoms with Gasteiger partial charge in [0.2, 0.25) is 0 Å². The Morgan fingerprint density at radius 2 is 2.33 bits per heavy atom. The predicted molar refractivity (Wildman–Crippen MR) is 53.8 cm³/mol. The van der Waals surface area contributed by atoms with Crippen molar-refractivity contribution in [3.63, 3.8) is 0 Å². The van der Waals surface area contributed by atoms with Gasteiger partial charge >= 0.3 is 0 Å². The SMILES string of the molecule is CN(c1ncc(F)cc1F)C1CCNC1. The topological polar surface area (TPSA) is 28.2 Å². The summed E-state index contributed by atoms with van der Waals surface area (Å²) in [5.74, 6) is -1.04. The fourth-order valence-electron chi connectivity index (χ4n) is 1.81. The van der Waals surface area contributed by atoms with E-state index in [0.29, 0.717) is 0 Å². The second-order valence-corrected chi connectivity index (χ2v) is 3.72. The third-order valence-corrected chi connectivity index (χ3v) is 2.70. The highest BCUT2D eigenvalue weighted by Crippen LogP contribution is 2.19. The molecule has 82 valence electrons. The maximum Gasteiger partial charge on any atom is 0.168 e. The van der Waals surface area contributed by atoms with E-state index >= 15 is 0 Å². The number of anilines is 1. The monoisotopic (exact) mass is 213 g/mol. The molecule has 1 unspecified atom stereocenters. The Morgan fingerprint density at radius 3 is 2.93 bits per heavy atom. The molecule has 3 nitrogen and oxygen atoms in total. The van der Waals surface area contributed by atoms with E-state index in [-0.39, 0.29) is 11.9 Å². The number of pyridine rings is 1. The molecule has 0 radical (unpaired) electrons. The number of aromatic nitrogens is 1. The van der Waals surface area contributed by atoms with Crippen LogP contribution >= 0.6 is 0 Å². The van der Waals surface area contributed by atoms with Crippen molar-refractivity contribution in [2.75, 3.05) is 25.0 Å². The van der Waals surface area contributed by atoms with E-state index in [4.69, 9.17) is 0 Å². The summed E-state index contributed by atoms with van der Waals surface area (Å²) in [6, 6.07) is 1.10. The van der Waals surface area contributed by atoms with Gasteiger partial charge in [-0.25, -0.2) is 13.8 Å². The molecule has 0 saturated carbocycles. The van der Waals surface area contributed by atoms with Gasteiger partial charge in [0, 0.05) is 25.7 Å². The number of halogens is 2. The van der Waals surface area contributed by atoms with Crippen LogP contribution in [-0.4, -0.2) is 31.2 Å². The van der Waals surface area contributed by atoms with Gasteiger partial charge in [0.15, 0.2) is 11.6 Å². The van der Waals surface area contributed by atoms with Gasteiger partial charge < -0.3 is 10.2 Å².